The lowest BCUT2D eigenvalue weighted by Gasteiger charge is -2.11. The fourth-order valence-corrected chi connectivity index (χ4v) is 3.08. The van der Waals surface area contributed by atoms with Gasteiger partial charge in [-0.1, -0.05) is 24.3 Å². The second-order valence-corrected chi connectivity index (χ2v) is 5.50. The number of hydrogen-bond acceptors (Lipinski definition) is 3. The minimum absolute atomic E-state index is 0.142. The van der Waals surface area contributed by atoms with Crippen LogP contribution in [0.2, 0.25) is 0 Å². The molecule has 0 spiro atoms. The third-order valence-electron chi connectivity index (χ3n) is 4.12. The number of fused-ring (bicyclic) bond motifs is 3. The molecule has 1 atom stereocenters. The highest BCUT2D eigenvalue weighted by Gasteiger charge is 2.24. The first-order valence-corrected chi connectivity index (χ1v) is 7.36. The molecule has 1 aliphatic heterocycles. The van der Waals surface area contributed by atoms with Crippen LogP contribution in [-0.4, -0.2) is 21.3 Å². The molecule has 1 N–H and O–H groups in total. The Labute approximate surface area is 131 Å². The van der Waals surface area contributed by atoms with Crippen LogP contribution in [0.25, 0.3) is 22.2 Å². The maximum Gasteiger partial charge on any atom is 0.387 e. The lowest BCUT2D eigenvalue weighted by atomic mass is 10.0. The van der Waals surface area contributed by atoms with Crippen LogP contribution in [0, 0.1) is 0 Å². The largest absolute Gasteiger partial charge is 0.434 e. The molecule has 0 fully saturated rings. The second-order valence-electron chi connectivity index (χ2n) is 5.50. The number of para-hydroxylation sites is 1. The van der Waals surface area contributed by atoms with Crippen molar-refractivity contribution in [1.82, 2.24) is 9.55 Å². The summed E-state index contributed by atoms with van der Waals surface area (Å²) in [6.45, 7) is -2.17. The van der Waals surface area contributed by atoms with Crippen molar-refractivity contribution in [3.8, 4) is 16.9 Å². The zero-order valence-corrected chi connectivity index (χ0v) is 12.1. The SMILES string of the molecule is OC1CCn2c1nc1ccc(-c3ccccc3OC(F)F)cc12. The molecule has 0 saturated heterocycles. The van der Waals surface area contributed by atoms with Crippen molar-refractivity contribution in [3.63, 3.8) is 0 Å². The summed E-state index contributed by atoms with van der Waals surface area (Å²) < 4.78 is 31.7. The molecule has 23 heavy (non-hydrogen) atoms. The number of ether oxygens (including phenoxy) is 1. The Bertz CT molecular complexity index is 876. The van der Waals surface area contributed by atoms with E-state index in [4.69, 9.17) is 0 Å². The standard InChI is InChI=1S/C17H14F2N2O2/c18-17(19)23-15-4-2-1-3-11(15)10-5-6-12-13(9-10)21-8-7-14(22)16(21)20-12/h1-6,9,14,17,22H,7-8H2. The summed E-state index contributed by atoms with van der Waals surface area (Å²) in [6.07, 6.45) is 0.105. The summed E-state index contributed by atoms with van der Waals surface area (Å²) in [7, 11) is 0. The molecular formula is C17H14F2N2O2. The number of halogens is 2. The molecule has 0 radical (unpaired) electrons. The number of nitrogens with zero attached hydrogens (tertiary/aromatic N) is 2. The van der Waals surface area contributed by atoms with Gasteiger partial charge in [-0.3, -0.25) is 0 Å². The van der Waals surface area contributed by atoms with Gasteiger partial charge in [0.1, 0.15) is 17.7 Å². The number of aliphatic hydroxyl groups excluding tert-OH is 1. The highest BCUT2D eigenvalue weighted by molar-refractivity contribution is 5.84. The van der Waals surface area contributed by atoms with Crippen LogP contribution in [0.3, 0.4) is 0 Å². The molecule has 2 heterocycles. The molecule has 4 rings (SSSR count). The van der Waals surface area contributed by atoms with E-state index >= 15 is 0 Å². The van der Waals surface area contributed by atoms with Gasteiger partial charge in [0.15, 0.2) is 0 Å². The van der Waals surface area contributed by atoms with Gasteiger partial charge in [-0.05, 0) is 30.2 Å². The molecule has 1 unspecified atom stereocenters. The highest BCUT2D eigenvalue weighted by atomic mass is 19.3. The number of aryl methyl sites for hydroxylation is 1. The second kappa shape index (κ2) is 5.31. The molecular weight excluding hydrogens is 302 g/mol. The van der Waals surface area contributed by atoms with Crippen LogP contribution in [0.1, 0.15) is 18.3 Å². The number of imidazole rings is 1. The van der Waals surface area contributed by atoms with E-state index in [1.54, 1.807) is 18.2 Å². The van der Waals surface area contributed by atoms with Crippen LogP contribution in [0.4, 0.5) is 8.78 Å². The van der Waals surface area contributed by atoms with Gasteiger partial charge in [0.25, 0.3) is 0 Å². The first kappa shape index (κ1) is 14.1. The predicted molar refractivity (Wildman–Crippen MR) is 81.4 cm³/mol. The Balaban J connectivity index is 1.84. The van der Waals surface area contributed by atoms with Crippen LogP contribution < -0.4 is 4.74 Å². The molecule has 3 aromatic rings. The van der Waals surface area contributed by atoms with Gasteiger partial charge in [0, 0.05) is 12.1 Å². The molecule has 4 nitrogen and oxygen atoms in total. The summed E-state index contributed by atoms with van der Waals surface area (Å²) in [5.41, 5.74) is 3.05. The average molecular weight is 316 g/mol. The normalized spacial score (nSPS) is 17.0. The molecule has 1 aromatic heterocycles. The quantitative estimate of drug-likeness (QED) is 0.800. The number of hydrogen-bond donors (Lipinski definition) is 1. The van der Waals surface area contributed by atoms with Gasteiger partial charge >= 0.3 is 6.61 Å². The van der Waals surface area contributed by atoms with Crippen molar-refractivity contribution in [2.45, 2.75) is 25.7 Å². The molecule has 118 valence electrons. The van der Waals surface area contributed by atoms with Gasteiger partial charge in [-0.2, -0.15) is 8.78 Å². The van der Waals surface area contributed by atoms with Gasteiger partial charge in [0.05, 0.1) is 11.0 Å². The number of aromatic nitrogens is 2. The Morgan fingerprint density at radius 1 is 1.22 bits per heavy atom. The number of benzene rings is 2. The average Bonchev–Trinajstić information content (AvgIpc) is 3.07. The van der Waals surface area contributed by atoms with E-state index in [1.807, 2.05) is 22.8 Å². The highest BCUT2D eigenvalue weighted by Crippen LogP contribution is 2.35. The molecule has 1 aliphatic rings. The van der Waals surface area contributed by atoms with Gasteiger partial charge in [0.2, 0.25) is 0 Å². The van der Waals surface area contributed by atoms with Crippen LogP contribution >= 0.6 is 0 Å². The fraction of sp³-hybridized carbons (Fsp3) is 0.235. The Kier molecular flexibility index (Phi) is 3.27. The van der Waals surface area contributed by atoms with Crippen molar-refractivity contribution in [1.29, 1.82) is 0 Å². The number of rotatable bonds is 3. The molecule has 0 aliphatic carbocycles. The number of aliphatic hydroxyl groups is 1. The van der Waals surface area contributed by atoms with Crippen LogP contribution in [-0.2, 0) is 6.54 Å². The molecule has 0 amide bonds. The Hall–Kier alpha value is -2.47. The zero-order chi connectivity index (χ0) is 16.0. The summed E-state index contributed by atoms with van der Waals surface area (Å²) in [5.74, 6) is 0.803. The molecule has 2 aromatic carbocycles. The van der Waals surface area contributed by atoms with Gasteiger partial charge in [-0.25, -0.2) is 4.98 Å². The summed E-state index contributed by atoms with van der Waals surface area (Å²) in [4.78, 5) is 4.44. The van der Waals surface area contributed by atoms with E-state index in [-0.39, 0.29) is 5.75 Å². The third kappa shape index (κ3) is 2.35. The van der Waals surface area contributed by atoms with E-state index in [2.05, 4.69) is 9.72 Å². The minimum atomic E-state index is -2.87. The topological polar surface area (TPSA) is 47.3 Å². The van der Waals surface area contributed by atoms with Crippen molar-refractivity contribution in [2.75, 3.05) is 0 Å². The van der Waals surface area contributed by atoms with Gasteiger partial charge in [-0.15, -0.1) is 0 Å². The molecule has 6 heteroatoms. The van der Waals surface area contributed by atoms with Crippen molar-refractivity contribution in [3.05, 3.63) is 48.3 Å². The summed E-state index contributed by atoms with van der Waals surface area (Å²) in [5, 5.41) is 9.93. The number of alkyl halides is 2. The maximum absolute atomic E-state index is 12.6. The van der Waals surface area contributed by atoms with Crippen molar-refractivity contribution < 1.29 is 18.6 Å². The Morgan fingerprint density at radius 3 is 2.87 bits per heavy atom. The van der Waals surface area contributed by atoms with Crippen molar-refractivity contribution >= 4 is 11.0 Å². The maximum atomic E-state index is 12.6. The first-order valence-electron chi connectivity index (χ1n) is 7.36. The summed E-state index contributed by atoms with van der Waals surface area (Å²) >= 11 is 0. The molecule has 0 saturated carbocycles. The van der Waals surface area contributed by atoms with Crippen LogP contribution in [0.15, 0.2) is 42.5 Å². The monoisotopic (exact) mass is 316 g/mol. The van der Waals surface area contributed by atoms with Crippen molar-refractivity contribution in [2.24, 2.45) is 0 Å². The first-order chi connectivity index (χ1) is 11.1. The van der Waals surface area contributed by atoms with E-state index in [0.29, 0.717) is 24.4 Å². The van der Waals surface area contributed by atoms with E-state index in [9.17, 15) is 13.9 Å². The fourth-order valence-electron chi connectivity index (χ4n) is 3.08. The van der Waals surface area contributed by atoms with Crippen LogP contribution in [0.5, 0.6) is 5.75 Å². The lowest BCUT2D eigenvalue weighted by Crippen LogP contribution is -2.03. The zero-order valence-electron chi connectivity index (χ0n) is 12.1. The summed E-state index contributed by atoms with van der Waals surface area (Å²) in [6, 6.07) is 12.3. The predicted octanol–water partition coefficient (Wildman–Crippen LogP) is 3.74. The molecule has 0 bridgehead atoms. The minimum Gasteiger partial charge on any atom is -0.434 e. The van der Waals surface area contributed by atoms with Gasteiger partial charge < -0.3 is 14.4 Å². The lowest BCUT2D eigenvalue weighted by molar-refractivity contribution is -0.0494. The Morgan fingerprint density at radius 2 is 2.04 bits per heavy atom. The van der Waals surface area contributed by atoms with E-state index < -0.39 is 12.7 Å². The third-order valence-corrected chi connectivity index (χ3v) is 4.12. The van der Waals surface area contributed by atoms with E-state index in [1.165, 1.54) is 6.07 Å². The smallest absolute Gasteiger partial charge is 0.387 e. The van der Waals surface area contributed by atoms with E-state index in [0.717, 1.165) is 16.6 Å².